The number of anilines is 1. The highest BCUT2D eigenvalue weighted by molar-refractivity contribution is 5.40. The first-order chi connectivity index (χ1) is 9.85. The normalized spacial score (nSPS) is 22.5. The fourth-order valence-electron chi connectivity index (χ4n) is 2.86. The van der Waals surface area contributed by atoms with Crippen molar-refractivity contribution in [2.24, 2.45) is 11.8 Å². The van der Waals surface area contributed by atoms with Crippen molar-refractivity contribution in [2.45, 2.75) is 59.0 Å². The molecule has 1 aromatic rings. The van der Waals surface area contributed by atoms with Gasteiger partial charge in [0.15, 0.2) is 11.6 Å². The summed E-state index contributed by atoms with van der Waals surface area (Å²) in [7, 11) is 0. The van der Waals surface area contributed by atoms with Crippen LogP contribution in [0.2, 0.25) is 0 Å². The average Bonchev–Trinajstić information content (AvgIpc) is 2.81. The molecule has 2 unspecified atom stereocenters. The van der Waals surface area contributed by atoms with Gasteiger partial charge in [0.1, 0.15) is 0 Å². The number of halogens is 1. The summed E-state index contributed by atoms with van der Waals surface area (Å²) >= 11 is 0. The molecule has 1 fully saturated rings. The lowest BCUT2D eigenvalue weighted by Gasteiger charge is -2.21. The fourth-order valence-corrected chi connectivity index (χ4v) is 2.86. The second kappa shape index (κ2) is 6.73. The molecule has 0 aromatic carbocycles. The van der Waals surface area contributed by atoms with E-state index in [2.05, 4.69) is 43.3 Å². The molecule has 0 radical (unpaired) electrons. The number of rotatable bonds is 5. The molecule has 118 valence electrons. The van der Waals surface area contributed by atoms with Crippen LogP contribution in [0, 0.1) is 17.7 Å². The Kier molecular flexibility index (Phi) is 5.20. The predicted octanol–water partition coefficient (Wildman–Crippen LogP) is 3.96. The Bertz CT molecular complexity index is 468. The van der Waals surface area contributed by atoms with Crippen molar-refractivity contribution >= 4 is 5.82 Å². The Hall–Kier alpha value is -1.16. The molecule has 3 nitrogen and oxygen atoms in total. The quantitative estimate of drug-likeness (QED) is 0.863. The third-order valence-electron chi connectivity index (χ3n) is 4.14. The Morgan fingerprint density at radius 1 is 1.33 bits per heavy atom. The van der Waals surface area contributed by atoms with Crippen molar-refractivity contribution in [3.05, 3.63) is 23.6 Å². The molecule has 1 heterocycles. The summed E-state index contributed by atoms with van der Waals surface area (Å²) in [4.78, 5) is 4.15. The van der Waals surface area contributed by atoms with Crippen molar-refractivity contribution < 1.29 is 4.39 Å². The topological polar surface area (TPSA) is 37.0 Å². The van der Waals surface area contributed by atoms with E-state index in [9.17, 15) is 4.39 Å². The maximum atomic E-state index is 14.4. The first-order valence-electron chi connectivity index (χ1n) is 7.97. The number of aromatic nitrogens is 1. The van der Waals surface area contributed by atoms with E-state index in [0.717, 1.165) is 12.5 Å². The van der Waals surface area contributed by atoms with Gasteiger partial charge >= 0.3 is 0 Å². The highest BCUT2D eigenvalue weighted by Crippen LogP contribution is 2.30. The summed E-state index contributed by atoms with van der Waals surface area (Å²) in [6.45, 7) is 9.86. The molecule has 2 N–H and O–H groups in total. The summed E-state index contributed by atoms with van der Waals surface area (Å²) in [5, 5.41) is 6.51. The maximum Gasteiger partial charge on any atom is 0.169 e. The van der Waals surface area contributed by atoms with Gasteiger partial charge in [-0.2, -0.15) is 0 Å². The lowest BCUT2D eigenvalue weighted by molar-refractivity contribution is 0.418. The molecule has 2 rings (SSSR count). The van der Waals surface area contributed by atoms with E-state index in [0.29, 0.717) is 23.8 Å². The molecule has 1 aliphatic rings. The first-order valence-corrected chi connectivity index (χ1v) is 7.97. The molecule has 0 amide bonds. The van der Waals surface area contributed by atoms with Gasteiger partial charge < -0.3 is 10.6 Å². The zero-order valence-corrected chi connectivity index (χ0v) is 13.7. The highest BCUT2D eigenvalue weighted by Gasteiger charge is 2.21. The van der Waals surface area contributed by atoms with E-state index in [4.69, 9.17) is 0 Å². The lowest BCUT2D eigenvalue weighted by atomic mass is 10.1. The van der Waals surface area contributed by atoms with Gasteiger partial charge in [0, 0.05) is 30.4 Å². The van der Waals surface area contributed by atoms with Crippen molar-refractivity contribution in [1.29, 1.82) is 0 Å². The van der Waals surface area contributed by atoms with E-state index in [1.807, 2.05) is 0 Å². The lowest BCUT2D eigenvalue weighted by Crippen LogP contribution is -2.35. The number of hydrogen-bond acceptors (Lipinski definition) is 3. The van der Waals surface area contributed by atoms with Gasteiger partial charge in [-0.1, -0.05) is 13.3 Å². The van der Waals surface area contributed by atoms with Gasteiger partial charge in [0.2, 0.25) is 0 Å². The van der Waals surface area contributed by atoms with E-state index in [-0.39, 0.29) is 11.4 Å². The third-order valence-corrected chi connectivity index (χ3v) is 4.14. The van der Waals surface area contributed by atoms with E-state index in [1.165, 1.54) is 19.3 Å². The highest BCUT2D eigenvalue weighted by atomic mass is 19.1. The zero-order valence-electron chi connectivity index (χ0n) is 13.7. The first kappa shape index (κ1) is 16.2. The predicted molar refractivity (Wildman–Crippen MR) is 85.8 cm³/mol. The average molecular weight is 293 g/mol. The molecule has 1 saturated carbocycles. The van der Waals surface area contributed by atoms with Crippen LogP contribution in [0.3, 0.4) is 0 Å². The number of nitrogens with one attached hydrogen (secondary N) is 2. The minimum absolute atomic E-state index is 0.0245. The van der Waals surface area contributed by atoms with Crippen LogP contribution in [0.5, 0.6) is 0 Å². The minimum Gasteiger partial charge on any atom is -0.367 e. The zero-order chi connectivity index (χ0) is 15.5. The summed E-state index contributed by atoms with van der Waals surface area (Å²) in [6, 6.07) is 1.75. The van der Waals surface area contributed by atoms with Crippen LogP contribution in [0.1, 0.15) is 52.5 Å². The molecule has 1 aromatic heterocycles. The molecular formula is C17H28FN3. The molecular weight excluding hydrogens is 265 g/mol. The van der Waals surface area contributed by atoms with Crippen LogP contribution in [0.4, 0.5) is 10.2 Å². The van der Waals surface area contributed by atoms with E-state index in [1.54, 1.807) is 12.3 Å². The van der Waals surface area contributed by atoms with Crippen LogP contribution in [0.25, 0.3) is 0 Å². The number of hydrogen-bond donors (Lipinski definition) is 2. The van der Waals surface area contributed by atoms with Gasteiger partial charge in [0.25, 0.3) is 0 Å². The van der Waals surface area contributed by atoms with Gasteiger partial charge in [-0.15, -0.1) is 0 Å². The molecule has 0 aliphatic heterocycles. The van der Waals surface area contributed by atoms with Crippen LogP contribution >= 0.6 is 0 Å². The SMILES string of the molecule is CC1CCC(CNc2nccc(CNC(C)(C)C)c2F)C1. The molecule has 0 bridgehead atoms. The monoisotopic (exact) mass is 293 g/mol. The molecule has 2 atom stereocenters. The molecule has 4 heteroatoms. The third kappa shape index (κ3) is 4.95. The van der Waals surface area contributed by atoms with Crippen LogP contribution in [0.15, 0.2) is 12.3 Å². The Labute approximate surface area is 127 Å². The second-order valence-corrected chi connectivity index (χ2v) is 7.40. The molecule has 21 heavy (non-hydrogen) atoms. The fraction of sp³-hybridized carbons (Fsp3) is 0.706. The van der Waals surface area contributed by atoms with Crippen LogP contribution < -0.4 is 10.6 Å². The Balaban J connectivity index is 1.94. The molecule has 0 saturated heterocycles. The smallest absolute Gasteiger partial charge is 0.169 e. The summed E-state index contributed by atoms with van der Waals surface area (Å²) < 4.78 is 14.4. The Morgan fingerprint density at radius 3 is 2.71 bits per heavy atom. The van der Waals surface area contributed by atoms with Crippen LogP contribution in [-0.4, -0.2) is 17.1 Å². The molecule has 0 spiro atoms. The van der Waals surface area contributed by atoms with Gasteiger partial charge in [-0.3, -0.25) is 0 Å². The van der Waals surface area contributed by atoms with E-state index >= 15 is 0 Å². The largest absolute Gasteiger partial charge is 0.367 e. The van der Waals surface area contributed by atoms with Crippen molar-refractivity contribution in [2.75, 3.05) is 11.9 Å². The minimum atomic E-state index is -0.222. The van der Waals surface area contributed by atoms with Crippen molar-refractivity contribution in [3.8, 4) is 0 Å². The van der Waals surface area contributed by atoms with E-state index < -0.39 is 0 Å². The summed E-state index contributed by atoms with van der Waals surface area (Å²) in [5.41, 5.74) is 0.644. The summed E-state index contributed by atoms with van der Waals surface area (Å²) in [6.07, 6.45) is 5.45. The summed E-state index contributed by atoms with van der Waals surface area (Å²) in [5.74, 6) is 1.62. The maximum absolute atomic E-state index is 14.4. The van der Waals surface area contributed by atoms with Crippen LogP contribution in [-0.2, 0) is 6.54 Å². The standard InChI is InChI=1S/C17H28FN3/c1-12-5-6-13(9-12)10-20-16-15(18)14(7-8-19-16)11-21-17(2,3)4/h7-8,12-13,21H,5-6,9-11H2,1-4H3,(H,19,20). The number of nitrogens with zero attached hydrogens (tertiary/aromatic N) is 1. The molecule has 1 aliphatic carbocycles. The second-order valence-electron chi connectivity index (χ2n) is 7.40. The van der Waals surface area contributed by atoms with Gasteiger partial charge in [-0.25, -0.2) is 9.37 Å². The van der Waals surface area contributed by atoms with Gasteiger partial charge in [0.05, 0.1) is 0 Å². The number of pyridine rings is 1. The Morgan fingerprint density at radius 2 is 2.10 bits per heavy atom. The van der Waals surface area contributed by atoms with Gasteiger partial charge in [-0.05, 0) is 51.5 Å². The van der Waals surface area contributed by atoms with Crippen molar-refractivity contribution in [3.63, 3.8) is 0 Å². The van der Waals surface area contributed by atoms with Crippen molar-refractivity contribution in [1.82, 2.24) is 10.3 Å².